The number of hydrogen-bond donors (Lipinski definition) is 2. The number of aryl methyl sites for hydroxylation is 1. The van der Waals surface area contributed by atoms with Crippen LogP contribution in [0.4, 0.5) is 5.69 Å². The summed E-state index contributed by atoms with van der Waals surface area (Å²) in [5.74, 6) is -0.318. The highest BCUT2D eigenvalue weighted by Crippen LogP contribution is 2.23. The maximum Gasteiger partial charge on any atom is 0.226 e. The predicted molar refractivity (Wildman–Crippen MR) is 102 cm³/mol. The fourth-order valence-corrected chi connectivity index (χ4v) is 3.42. The van der Waals surface area contributed by atoms with Gasteiger partial charge in [-0.25, -0.2) is 13.1 Å². The molecule has 0 radical (unpaired) electrons. The number of amides is 1. The van der Waals surface area contributed by atoms with Gasteiger partial charge < -0.3 is 5.32 Å². The van der Waals surface area contributed by atoms with Crippen LogP contribution >= 0.6 is 23.2 Å². The van der Waals surface area contributed by atoms with E-state index in [1.807, 2.05) is 6.92 Å². The Balaban J connectivity index is 2.17. The highest BCUT2D eigenvalue weighted by atomic mass is 35.5. The van der Waals surface area contributed by atoms with E-state index in [4.69, 9.17) is 23.2 Å². The highest BCUT2D eigenvalue weighted by Gasteiger charge is 2.20. The second kappa shape index (κ2) is 8.19. The van der Waals surface area contributed by atoms with Gasteiger partial charge in [0.15, 0.2) is 0 Å². The molecule has 0 saturated carbocycles. The van der Waals surface area contributed by atoms with Crippen molar-refractivity contribution in [1.82, 2.24) is 4.72 Å². The Morgan fingerprint density at radius 3 is 2.24 bits per heavy atom. The van der Waals surface area contributed by atoms with Crippen LogP contribution in [0.3, 0.4) is 0 Å². The van der Waals surface area contributed by atoms with Crippen LogP contribution in [0.2, 0.25) is 10.0 Å². The summed E-state index contributed by atoms with van der Waals surface area (Å²) >= 11 is 11.8. The van der Waals surface area contributed by atoms with Gasteiger partial charge in [-0.3, -0.25) is 4.79 Å². The first kappa shape index (κ1) is 19.7. The van der Waals surface area contributed by atoms with Gasteiger partial charge in [-0.05, 0) is 48.4 Å². The van der Waals surface area contributed by atoms with Gasteiger partial charge in [-0.15, -0.1) is 0 Å². The van der Waals surface area contributed by atoms with Crippen molar-refractivity contribution in [3.8, 4) is 0 Å². The van der Waals surface area contributed by atoms with Crippen molar-refractivity contribution < 1.29 is 13.2 Å². The van der Waals surface area contributed by atoms with Gasteiger partial charge in [0.1, 0.15) is 0 Å². The molecule has 0 aliphatic rings. The molecule has 1 amide bonds. The molecule has 0 fully saturated rings. The van der Waals surface area contributed by atoms with Gasteiger partial charge in [0.05, 0.1) is 12.3 Å². The minimum Gasteiger partial charge on any atom is -0.326 e. The second-order valence-corrected chi connectivity index (χ2v) is 8.36. The molecule has 2 aromatic rings. The van der Waals surface area contributed by atoms with E-state index < -0.39 is 16.1 Å². The number of halogens is 2. The van der Waals surface area contributed by atoms with Gasteiger partial charge in [0, 0.05) is 22.2 Å². The Morgan fingerprint density at radius 2 is 1.68 bits per heavy atom. The Labute approximate surface area is 157 Å². The Hall–Kier alpha value is -1.60. The summed E-state index contributed by atoms with van der Waals surface area (Å²) in [4.78, 5) is 12.4. The van der Waals surface area contributed by atoms with Crippen molar-refractivity contribution in [1.29, 1.82) is 0 Å². The first-order chi connectivity index (χ1) is 11.6. The van der Waals surface area contributed by atoms with E-state index in [1.54, 1.807) is 42.5 Å². The third-order valence-electron chi connectivity index (χ3n) is 3.48. The molecule has 2 rings (SSSR count). The van der Waals surface area contributed by atoms with E-state index >= 15 is 0 Å². The summed E-state index contributed by atoms with van der Waals surface area (Å²) in [7, 11) is -3.49. The molecule has 2 aromatic carbocycles. The molecule has 134 valence electrons. The molecule has 0 aliphatic carbocycles. The molecule has 0 heterocycles. The summed E-state index contributed by atoms with van der Waals surface area (Å²) in [6, 6.07) is 11.1. The number of carbonyl (C=O) groups excluding carboxylic acids is 1. The molecule has 0 aliphatic heterocycles. The number of benzene rings is 2. The normalized spacial score (nSPS) is 12.6. The topological polar surface area (TPSA) is 75.3 Å². The van der Waals surface area contributed by atoms with E-state index in [-0.39, 0.29) is 12.3 Å². The molecule has 25 heavy (non-hydrogen) atoms. The first-order valence-electron chi connectivity index (χ1n) is 7.43. The van der Waals surface area contributed by atoms with Crippen molar-refractivity contribution in [2.24, 2.45) is 0 Å². The van der Waals surface area contributed by atoms with Gasteiger partial charge >= 0.3 is 0 Å². The smallest absolute Gasteiger partial charge is 0.226 e. The minimum atomic E-state index is -3.49. The number of sulfonamides is 1. The molecule has 8 heteroatoms. The van der Waals surface area contributed by atoms with E-state index in [0.717, 1.165) is 11.8 Å². The maximum absolute atomic E-state index is 12.4. The van der Waals surface area contributed by atoms with E-state index in [0.29, 0.717) is 21.3 Å². The Bertz CT molecular complexity index is 868. The number of rotatable bonds is 6. The molecule has 0 spiro atoms. The molecule has 5 nitrogen and oxygen atoms in total. The fourth-order valence-electron chi connectivity index (χ4n) is 2.34. The summed E-state index contributed by atoms with van der Waals surface area (Å²) in [6.07, 6.45) is 0.994. The van der Waals surface area contributed by atoms with E-state index in [9.17, 15) is 13.2 Å². The Morgan fingerprint density at radius 1 is 1.08 bits per heavy atom. The van der Waals surface area contributed by atoms with Crippen LogP contribution in [-0.4, -0.2) is 20.6 Å². The van der Waals surface area contributed by atoms with Crippen LogP contribution in [0, 0.1) is 6.92 Å². The summed E-state index contributed by atoms with van der Waals surface area (Å²) in [5.41, 5.74) is 2.10. The van der Waals surface area contributed by atoms with Crippen molar-refractivity contribution >= 4 is 44.8 Å². The molecule has 0 saturated heterocycles. The van der Waals surface area contributed by atoms with Crippen molar-refractivity contribution in [2.75, 3.05) is 11.6 Å². The number of nitrogens with one attached hydrogen (secondary N) is 2. The van der Waals surface area contributed by atoms with Crippen molar-refractivity contribution in [3.05, 3.63) is 63.6 Å². The molecule has 0 aromatic heterocycles. The average Bonchev–Trinajstić information content (AvgIpc) is 2.49. The van der Waals surface area contributed by atoms with Crippen LogP contribution in [-0.2, 0) is 14.8 Å². The SMILES string of the molecule is Cc1cc(Cl)ccc1NC(=O)C[C@H](NS(C)(=O)=O)c1ccc(Cl)cc1. The van der Waals surface area contributed by atoms with Crippen LogP contribution < -0.4 is 10.0 Å². The first-order valence-corrected chi connectivity index (χ1v) is 10.1. The molecule has 0 unspecified atom stereocenters. The predicted octanol–water partition coefficient (Wildman–Crippen LogP) is 3.92. The zero-order valence-electron chi connectivity index (χ0n) is 13.7. The zero-order valence-corrected chi connectivity index (χ0v) is 16.0. The summed E-state index contributed by atoms with van der Waals surface area (Å²) < 4.78 is 25.7. The molecular weight excluding hydrogens is 383 g/mol. The monoisotopic (exact) mass is 400 g/mol. The number of carbonyl (C=O) groups is 1. The Kier molecular flexibility index (Phi) is 6.46. The molecule has 2 N–H and O–H groups in total. The van der Waals surface area contributed by atoms with Crippen molar-refractivity contribution in [2.45, 2.75) is 19.4 Å². The molecular formula is C17H18Cl2N2O3S. The quantitative estimate of drug-likeness (QED) is 0.771. The standard InChI is InChI=1S/C17H18Cl2N2O3S/c1-11-9-14(19)7-8-15(11)20-17(22)10-16(21-25(2,23)24)12-3-5-13(18)6-4-12/h3-9,16,21H,10H2,1-2H3,(H,20,22)/t16-/m0/s1. The third kappa shape index (κ3) is 6.32. The summed E-state index contributed by atoms with van der Waals surface area (Å²) in [5, 5.41) is 3.88. The minimum absolute atomic E-state index is 0.0588. The van der Waals surface area contributed by atoms with Crippen LogP contribution in [0.15, 0.2) is 42.5 Å². The fraction of sp³-hybridized carbons (Fsp3) is 0.235. The highest BCUT2D eigenvalue weighted by molar-refractivity contribution is 7.88. The third-order valence-corrected chi connectivity index (χ3v) is 4.68. The van der Waals surface area contributed by atoms with Gasteiger partial charge in [0.25, 0.3) is 0 Å². The molecule has 0 bridgehead atoms. The summed E-state index contributed by atoms with van der Waals surface area (Å²) in [6.45, 7) is 1.83. The maximum atomic E-state index is 12.4. The van der Waals surface area contributed by atoms with Crippen LogP contribution in [0.25, 0.3) is 0 Å². The number of anilines is 1. The average molecular weight is 401 g/mol. The van der Waals surface area contributed by atoms with Crippen LogP contribution in [0.1, 0.15) is 23.6 Å². The zero-order chi connectivity index (χ0) is 18.6. The lowest BCUT2D eigenvalue weighted by atomic mass is 10.0. The lowest BCUT2D eigenvalue weighted by molar-refractivity contribution is -0.116. The van der Waals surface area contributed by atoms with Gasteiger partial charge in [-0.2, -0.15) is 0 Å². The van der Waals surface area contributed by atoms with E-state index in [1.165, 1.54) is 0 Å². The van der Waals surface area contributed by atoms with E-state index in [2.05, 4.69) is 10.0 Å². The molecule has 1 atom stereocenters. The second-order valence-electron chi connectivity index (χ2n) is 5.71. The largest absolute Gasteiger partial charge is 0.326 e. The van der Waals surface area contributed by atoms with Gasteiger partial charge in [0.2, 0.25) is 15.9 Å². The lowest BCUT2D eigenvalue weighted by Crippen LogP contribution is -2.30. The van der Waals surface area contributed by atoms with Gasteiger partial charge in [-0.1, -0.05) is 35.3 Å². The number of hydrogen-bond acceptors (Lipinski definition) is 3. The van der Waals surface area contributed by atoms with Crippen molar-refractivity contribution in [3.63, 3.8) is 0 Å². The lowest BCUT2D eigenvalue weighted by Gasteiger charge is -2.18. The van der Waals surface area contributed by atoms with Crippen LogP contribution in [0.5, 0.6) is 0 Å².